The number of aliphatic hydroxyl groups is 1. The molecular weight excluding hydrogens is 768 g/mol. The Hall–Kier alpha value is -4.08. The van der Waals surface area contributed by atoms with Crippen molar-refractivity contribution < 1.29 is 70.5 Å². The summed E-state index contributed by atoms with van der Waals surface area (Å²) in [5, 5.41) is 12.5. The SMILES string of the molecule is CCOC(=O)CCCCCCN1C(=O)CC[C@@H]1/C=C/[C@@H](OC(=O)Cc1ccc(C(=O)NCCCC(O)(O[P+](=O)O)O[P+](=O)O)cc1)C(F)(F)c1ccccc1. The summed E-state index contributed by atoms with van der Waals surface area (Å²) in [6, 6.07) is 12.1. The van der Waals surface area contributed by atoms with Crippen molar-refractivity contribution >= 4 is 40.3 Å². The highest BCUT2D eigenvalue weighted by Crippen LogP contribution is 2.36. The van der Waals surface area contributed by atoms with E-state index < -0.39 is 65.3 Å². The van der Waals surface area contributed by atoms with Gasteiger partial charge in [-0.1, -0.05) is 61.4 Å². The van der Waals surface area contributed by atoms with Crippen molar-refractivity contribution in [1.82, 2.24) is 10.2 Å². The van der Waals surface area contributed by atoms with Crippen molar-refractivity contribution in [3.8, 4) is 0 Å². The van der Waals surface area contributed by atoms with E-state index in [9.17, 15) is 33.4 Å². The lowest BCUT2D eigenvalue weighted by Crippen LogP contribution is -2.36. The summed E-state index contributed by atoms with van der Waals surface area (Å²) in [6.07, 6.45) is 3.41. The maximum Gasteiger partial charge on any atom is 0.700 e. The van der Waals surface area contributed by atoms with Gasteiger partial charge in [0, 0.05) is 52.6 Å². The van der Waals surface area contributed by atoms with E-state index in [1.807, 2.05) is 0 Å². The molecule has 2 amide bonds. The number of hydrogen-bond donors (Lipinski definition) is 4. The van der Waals surface area contributed by atoms with Gasteiger partial charge >= 0.3 is 40.3 Å². The Morgan fingerprint density at radius 1 is 0.964 bits per heavy atom. The van der Waals surface area contributed by atoms with Gasteiger partial charge in [0.25, 0.3) is 5.91 Å². The Morgan fingerprint density at radius 2 is 1.62 bits per heavy atom. The average molecular weight is 815 g/mol. The fraction of sp³-hybridized carbons (Fsp3) is 0.500. The second kappa shape index (κ2) is 22.5. The van der Waals surface area contributed by atoms with E-state index in [0.29, 0.717) is 44.4 Å². The number of alkyl halides is 2. The molecule has 4 N–H and O–H groups in total. The van der Waals surface area contributed by atoms with Crippen LogP contribution < -0.4 is 5.32 Å². The van der Waals surface area contributed by atoms with Crippen LogP contribution in [0.15, 0.2) is 66.7 Å². The fourth-order valence-corrected chi connectivity index (χ4v) is 6.57. The van der Waals surface area contributed by atoms with Crippen LogP contribution in [0.2, 0.25) is 0 Å². The molecule has 2 aromatic rings. The van der Waals surface area contributed by atoms with E-state index in [4.69, 9.17) is 19.3 Å². The first-order chi connectivity index (χ1) is 26.1. The Labute approximate surface area is 318 Å². The fourth-order valence-electron chi connectivity index (χ4n) is 5.76. The van der Waals surface area contributed by atoms with Gasteiger partial charge in [0.15, 0.2) is 6.10 Å². The monoisotopic (exact) mass is 814 g/mol. The van der Waals surface area contributed by atoms with Crippen LogP contribution >= 0.6 is 16.5 Å². The Kier molecular flexibility index (Phi) is 18.5. The molecule has 15 nitrogen and oxygen atoms in total. The van der Waals surface area contributed by atoms with Gasteiger partial charge in [0.2, 0.25) is 5.91 Å². The molecule has 0 spiro atoms. The van der Waals surface area contributed by atoms with Crippen molar-refractivity contribution in [3.05, 3.63) is 83.4 Å². The zero-order chi connectivity index (χ0) is 40.4. The summed E-state index contributed by atoms with van der Waals surface area (Å²) in [6.45, 7) is 2.37. The predicted octanol–water partition coefficient (Wildman–Crippen LogP) is 5.48. The third-order valence-corrected chi connectivity index (χ3v) is 9.34. The number of benzene rings is 2. The van der Waals surface area contributed by atoms with Crippen LogP contribution in [0.1, 0.15) is 86.2 Å². The summed E-state index contributed by atoms with van der Waals surface area (Å²) in [4.78, 5) is 69.2. The number of carbonyl (C=O) groups excluding carboxylic acids is 4. The molecule has 0 radical (unpaired) electrons. The molecular formula is C36H46F2N2O13P2+2. The van der Waals surface area contributed by atoms with Crippen molar-refractivity contribution in [2.45, 2.75) is 95.2 Å². The zero-order valence-electron chi connectivity index (χ0n) is 30.2. The lowest BCUT2D eigenvalue weighted by molar-refractivity contribution is -0.277. The van der Waals surface area contributed by atoms with Crippen LogP contribution in [0, 0.1) is 0 Å². The highest BCUT2D eigenvalue weighted by atomic mass is 31.1. The van der Waals surface area contributed by atoms with Crippen molar-refractivity contribution in [2.75, 3.05) is 19.7 Å². The summed E-state index contributed by atoms with van der Waals surface area (Å²) in [7, 11) is -6.76. The molecule has 1 fully saturated rings. The van der Waals surface area contributed by atoms with Crippen LogP contribution in [0.5, 0.6) is 0 Å². The van der Waals surface area contributed by atoms with E-state index in [1.54, 1.807) is 17.9 Å². The molecule has 1 aliphatic heterocycles. The predicted molar refractivity (Wildman–Crippen MR) is 192 cm³/mol. The number of esters is 2. The van der Waals surface area contributed by atoms with Crippen molar-refractivity contribution in [2.24, 2.45) is 0 Å². The molecule has 2 unspecified atom stereocenters. The number of nitrogens with zero attached hydrogens (tertiary/aromatic N) is 1. The lowest BCUT2D eigenvalue weighted by Gasteiger charge is -2.27. The van der Waals surface area contributed by atoms with Gasteiger partial charge in [-0.3, -0.25) is 19.2 Å². The topological polar surface area (TPSA) is 215 Å². The molecule has 300 valence electrons. The number of nitrogens with one attached hydrogen (secondary N) is 1. The highest BCUT2D eigenvalue weighted by molar-refractivity contribution is 7.33. The summed E-state index contributed by atoms with van der Waals surface area (Å²) >= 11 is 0. The summed E-state index contributed by atoms with van der Waals surface area (Å²) in [5.41, 5.74) is 0.144. The average Bonchev–Trinajstić information content (AvgIpc) is 3.48. The third kappa shape index (κ3) is 15.5. The van der Waals surface area contributed by atoms with Crippen LogP contribution in [0.3, 0.4) is 0 Å². The van der Waals surface area contributed by atoms with Crippen molar-refractivity contribution in [1.29, 1.82) is 0 Å². The lowest BCUT2D eigenvalue weighted by atomic mass is 10.0. The van der Waals surface area contributed by atoms with Crippen LogP contribution in [0.25, 0.3) is 0 Å². The number of halogens is 2. The Morgan fingerprint density at radius 3 is 2.25 bits per heavy atom. The van der Waals surface area contributed by atoms with E-state index in [-0.39, 0.29) is 42.4 Å². The minimum absolute atomic E-state index is 0.101. The maximum absolute atomic E-state index is 15.9. The minimum Gasteiger partial charge on any atom is -0.466 e. The largest absolute Gasteiger partial charge is 0.700 e. The van der Waals surface area contributed by atoms with E-state index in [0.717, 1.165) is 18.9 Å². The maximum atomic E-state index is 15.9. The molecule has 1 heterocycles. The first-order valence-corrected chi connectivity index (χ1v) is 20.0. The summed E-state index contributed by atoms with van der Waals surface area (Å²) < 4.78 is 72.4. The van der Waals surface area contributed by atoms with E-state index >= 15 is 8.78 Å². The molecule has 0 saturated carbocycles. The number of ether oxygens (including phenoxy) is 2. The Balaban J connectivity index is 1.60. The number of amides is 2. The van der Waals surface area contributed by atoms with Crippen LogP contribution in [0.4, 0.5) is 8.78 Å². The molecule has 1 saturated heterocycles. The second-order valence-electron chi connectivity index (χ2n) is 12.6. The van der Waals surface area contributed by atoms with Gasteiger partial charge < -0.3 is 24.8 Å². The molecule has 1 aliphatic rings. The van der Waals surface area contributed by atoms with Crippen molar-refractivity contribution in [3.63, 3.8) is 0 Å². The third-order valence-electron chi connectivity index (χ3n) is 8.45. The van der Waals surface area contributed by atoms with Crippen LogP contribution in [-0.2, 0) is 54.4 Å². The standard InChI is InChI=1S/C36H44F2N2O13P2/c1-2-50-32(42)13-8-3-4-9-24-40-29(19-21-31(40)41)18-20-30(36(37,38)28-11-6-5-7-12-28)51-33(43)25-26-14-16-27(17-15-26)34(44)39-23-10-22-35(45,52-54(46)47)53-55(48)49/h5-7,11-12,14-18,20,29-30,45H,2-4,8-10,13,19,21-25H2,1H3,(H-2,39,44,46,47,48,49)/p+2/b20-18+/t29-,30+/m0/s1. The minimum atomic E-state index is -3.62. The smallest absolute Gasteiger partial charge is 0.466 e. The molecule has 0 aromatic heterocycles. The van der Waals surface area contributed by atoms with Gasteiger partial charge in [-0.2, -0.15) is 8.78 Å². The number of likely N-dealkylation sites (tertiary alicyclic amines) is 1. The van der Waals surface area contributed by atoms with Crippen LogP contribution in [-0.4, -0.2) is 81.4 Å². The molecule has 4 atom stereocenters. The van der Waals surface area contributed by atoms with Gasteiger partial charge in [-0.15, -0.1) is 9.79 Å². The van der Waals surface area contributed by atoms with Gasteiger partial charge in [0.05, 0.1) is 19.1 Å². The van der Waals surface area contributed by atoms with Gasteiger partial charge in [-0.25, -0.2) is 0 Å². The van der Waals surface area contributed by atoms with E-state index in [1.165, 1.54) is 54.6 Å². The Bertz CT molecular complexity index is 1630. The molecule has 3 rings (SSSR count). The molecule has 0 aliphatic carbocycles. The second-order valence-corrected chi connectivity index (χ2v) is 13.9. The van der Waals surface area contributed by atoms with E-state index in [2.05, 4.69) is 14.4 Å². The molecule has 55 heavy (non-hydrogen) atoms. The first kappa shape index (κ1) is 45.3. The van der Waals surface area contributed by atoms with Gasteiger partial charge in [0.1, 0.15) is 0 Å². The summed E-state index contributed by atoms with van der Waals surface area (Å²) in [5.74, 6) is -8.36. The number of carbonyl (C=O) groups is 4. The molecule has 0 bridgehead atoms. The highest BCUT2D eigenvalue weighted by Gasteiger charge is 2.47. The molecule has 19 heteroatoms. The molecule has 2 aromatic carbocycles. The quantitative estimate of drug-likeness (QED) is 0.0340. The number of unbranched alkanes of at least 4 members (excludes halogenated alkanes) is 3. The number of hydrogen-bond acceptors (Lipinski definition) is 11. The normalized spacial score (nSPS) is 16.7. The number of rotatable bonds is 24. The van der Waals surface area contributed by atoms with Gasteiger partial charge in [-0.05, 0) is 65.4 Å². The first-order valence-electron chi connectivity index (χ1n) is 17.7. The zero-order valence-corrected chi connectivity index (χ0v) is 32.0.